The summed E-state index contributed by atoms with van der Waals surface area (Å²) in [6.45, 7) is 0. The zero-order valence-corrected chi connectivity index (χ0v) is 11.5. The van der Waals surface area contributed by atoms with Crippen molar-refractivity contribution in [1.82, 2.24) is 13.7 Å². The van der Waals surface area contributed by atoms with Gasteiger partial charge in [-0.15, -0.1) is 0 Å². The molecule has 0 atom stereocenters. The highest BCUT2D eigenvalue weighted by atomic mass is 15.3. The lowest BCUT2D eigenvalue weighted by Gasteiger charge is -2.07. The van der Waals surface area contributed by atoms with Gasteiger partial charge in [0.05, 0.1) is 14.1 Å². The number of aryl methyl sites for hydroxylation is 4. The first-order valence-corrected chi connectivity index (χ1v) is 5.97. The van der Waals surface area contributed by atoms with Crippen molar-refractivity contribution >= 4 is 0 Å². The Balaban J connectivity index is 2.25. The van der Waals surface area contributed by atoms with Crippen molar-refractivity contribution in [3.05, 3.63) is 43.8 Å². The van der Waals surface area contributed by atoms with Gasteiger partial charge in [-0.3, -0.25) is 0 Å². The quantitative estimate of drug-likeness (QED) is 0.393. The van der Waals surface area contributed by atoms with Gasteiger partial charge in [0.1, 0.15) is 6.33 Å². The van der Waals surface area contributed by atoms with Crippen LogP contribution < -0.4 is 13.7 Å². The van der Waals surface area contributed by atoms with E-state index < -0.39 is 0 Å². The molecular weight excluding hydrogens is 240 g/mol. The minimum Gasteiger partial charge on any atom is -0.330 e. The minimum atomic E-state index is 0.982. The van der Waals surface area contributed by atoms with Crippen molar-refractivity contribution in [2.24, 2.45) is 28.2 Å². The first-order chi connectivity index (χ1) is 9.06. The van der Waals surface area contributed by atoms with Gasteiger partial charge in [-0.2, -0.15) is 0 Å². The van der Waals surface area contributed by atoms with E-state index in [0.717, 1.165) is 11.6 Å². The van der Waals surface area contributed by atoms with Crippen molar-refractivity contribution in [3.8, 4) is 11.6 Å². The van der Waals surface area contributed by atoms with Crippen molar-refractivity contribution < 1.29 is 13.7 Å². The van der Waals surface area contributed by atoms with Gasteiger partial charge in [0.2, 0.25) is 24.3 Å². The second-order valence-corrected chi connectivity index (χ2v) is 4.62. The Labute approximate surface area is 112 Å². The van der Waals surface area contributed by atoms with Gasteiger partial charge < -0.3 is 27.4 Å². The van der Waals surface area contributed by atoms with E-state index in [2.05, 4.69) is 19.0 Å². The highest BCUT2D eigenvalue weighted by molar-refractivity contribution is 5.37. The summed E-state index contributed by atoms with van der Waals surface area (Å²) in [7, 11) is 7.83. The molecule has 98 valence electrons. The van der Waals surface area contributed by atoms with Gasteiger partial charge >= 0.3 is 0 Å². The van der Waals surface area contributed by atoms with Crippen LogP contribution in [-0.2, 0) is 28.2 Å². The predicted molar refractivity (Wildman–Crippen MR) is 64.1 cm³/mol. The van der Waals surface area contributed by atoms with Crippen LogP contribution in [-0.4, -0.2) is 13.7 Å². The molecule has 0 N–H and O–H groups in total. The molecule has 3 rings (SSSR count). The molecule has 3 heterocycles. The number of hydrogen-bond acceptors (Lipinski definition) is 0. The standard InChI is InChI=1S/C13H16N6/c1-14-5-7-18(9-14)12-13(17(4)11-16(12)3)19-8-6-15(2)10-19/h5-8H,1-4H3. The Hall–Kier alpha value is -2.37. The van der Waals surface area contributed by atoms with E-state index in [0.29, 0.717) is 0 Å². The van der Waals surface area contributed by atoms with Gasteiger partial charge in [-0.1, -0.05) is 0 Å². The third kappa shape index (κ3) is 1.85. The zero-order valence-electron chi connectivity index (χ0n) is 11.5. The highest BCUT2D eigenvalue weighted by Crippen LogP contribution is 2.13. The van der Waals surface area contributed by atoms with Crippen molar-refractivity contribution in [1.29, 1.82) is 0 Å². The van der Waals surface area contributed by atoms with Crippen LogP contribution in [0.4, 0.5) is 0 Å². The lowest BCUT2D eigenvalue weighted by atomic mass is 10.5. The van der Waals surface area contributed by atoms with Gasteiger partial charge in [-0.05, 0) is 0 Å². The van der Waals surface area contributed by atoms with E-state index in [1.807, 2.05) is 80.4 Å². The third-order valence-corrected chi connectivity index (χ3v) is 3.00. The van der Waals surface area contributed by atoms with Crippen molar-refractivity contribution in [2.75, 3.05) is 0 Å². The average Bonchev–Trinajstić information content (AvgIpc) is 2.99. The molecule has 6 heteroatoms. The lowest BCUT2D eigenvalue weighted by molar-refractivity contribution is -0.681. The lowest BCUT2D eigenvalue weighted by Crippen LogP contribution is -2.33. The number of nitrogens with zero attached hydrogens (tertiary/aromatic N) is 6. The second-order valence-electron chi connectivity index (χ2n) is 4.62. The van der Waals surface area contributed by atoms with Crippen LogP contribution in [0.3, 0.4) is 0 Å². The fourth-order valence-corrected chi connectivity index (χ4v) is 2.20. The van der Waals surface area contributed by atoms with Crippen LogP contribution in [0.25, 0.3) is 11.6 Å². The summed E-state index contributed by atoms with van der Waals surface area (Å²) in [6.07, 6.45) is 17.5. The Bertz CT molecular complexity index is 669. The SMILES string of the molecule is Cn1[c-][n+](C)c(-n2[c-][n+](C)cc2)c1-n1[c-][n+](C)cc1. The smallest absolute Gasteiger partial charge is 0.244 e. The summed E-state index contributed by atoms with van der Waals surface area (Å²) in [6, 6.07) is 0. The summed E-state index contributed by atoms with van der Waals surface area (Å²) in [5, 5.41) is 0. The van der Waals surface area contributed by atoms with E-state index in [4.69, 9.17) is 0 Å². The molecule has 0 radical (unpaired) electrons. The van der Waals surface area contributed by atoms with E-state index in [1.54, 1.807) is 0 Å². The molecule has 0 amide bonds. The summed E-state index contributed by atoms with van der Waals surface area (Å²) in [4.78, 5) is 0. The average molecular weight is 256 g/mol. The molecule has 0 aliphatic rings. The molecule has 0 saturated carbocycles. The fourth-order valence-electron chi connectivity index (χ4n) is 2.20. The molecule has 0 saturated heterocycles. The Kier molecular flexibility index (Phi) is 2.51. The molecule has 0 aliphatic heterocycles. The van der Waals surface area contributed by atoms with Crippen LogP contribution in [0.15, 0.2) is 24.8 Å². The van der Waals surface area contributed by atoms with Crippen molar-refractivity contribution in [3.63, 3.8) is 0 Å². The molecule has 0 aliphatic carbocycles. The number of hydrogen-bond donors (Lipinski definition) is 0. The molecule has 6 nitrogen and oxygen atoms in total. The number of aromatic nitrogens is 6. The number of rotatable bonds is 2. The van der Waals surface area contributed by atoms with Gasteiger partial charge in [0, 0.05) is 38.9 Å². The summed E-state index contributed by atoms with van der Waals surface area (Å²) in [5.74, 6) is 1.96. The normalized spacial score (nSPS) is 11.2. The maximum absolute atomic E-state index is 3.22. The topological polar surface area (TPSA) is 26.4 Å². The fraction of sp³-hybridized carbons (Fsp3) is 0.308. The summed E-state index contributed by atoms with van der Waals surface area (Å²) < 4.78 is 11.5. The molecule has 0 aromatic carbocycles. The predicted octanol–water partition coefficient (Wildman–Crippen LogP) is -1.52. The highest BCUT2D eigenvalue weighted by Gasteiger charge is 2.17. The van der Waals surface area contributed by atoms with Gasteiger partial charge in [0.25, 0.3) is 0 Å². The van der Waals surface area contributed by atoms with Crippen molar-refractivity contribution in [2.45, 2.75) is 0 Å². The summed E-state index contributed by atoms with van der Waals surface area (Å²) in [5.41, 5.74) is 0. The number of imidazole rings is 3. The maximum Gasteiger partial charge on any atom is 0.244 e. The second kappa shape index (κ2) is 4.08. The molecule has 0 unspecified atom stereocenters. The van der Waals surface area contributed by atoms with E-state index in [-0.39, 0.29) is 0 Å². The largest absolute Gasteiger partial charge is 0.330 e. The zero-order chi connectivity index (χ0) is 13.6. The molecular formula is C13H16N6. The molecule has 0 spiro atoms. The summed E-state index contributed by atoms with van der Waals surface area (Å²) >= 11 is 0. The van der Waals surface area contributed by atoms with E-state index in [9.17, 15) is 0 Å². The third-order valence-electron chi connectivity index (χ3n) is 3.00. The van der Waals surface area contributed by atoms with E-state index in [1.165, 1.54) is 0 Å². The molecule has 0 bridgehead atoms. The van der Waals surface area contributed by atoms with Gasteiger partial charge in [0.15, 0.2) is 0 Å². The van der Waals surface area contributed by atoms with Crippen LogP contribution in [0.2, 0.25) is 0 Å². The van der Waals surface area contributed by atoms with Crippen LogP contribution >= 0.6 is 0 Å². The Morgan fingerprint density at radius 2 is 1.47 bits per heavy atom. The van der Waals surface area contributed by atoms with E-state index >= 15 is 0 Å². The molecule has 3 aromatic rings. The molecule has 3 aromatic heterocycles. The Morgan fingerprint density at radius 1 is 0.895 bits per heavy atom. The van der Waals surface area contributed by atoms with Crippen LogP contribution in [0, 0.1) is 19.0 Å². The monoisotopic (exact) mass is 256 g/mol. The minimum absolute atomic E-state index is 0.982. The molecule has 0 fully saturated rings. The first kappa shape index (κ1) is 11.7. The van der Waals surface area contributed by atoms with Crippen LogP contribution in [0.5, 0.6) is 0 Å². The van der Waals surface area contributed by atoms with Crippen LogP contribution in [0.1, 0.15) is 0 Å². The maximum atomic E-state index is 3.22. The molecule has 19 heavy (non-hydrogen) atoms. The Morgan fingerprint density at radius 3 is 2.00 bits per heavy atom. The van der Waals surface area contributed by atoms with Gasteiger partial charge in [-0.25, -0.2) is 0 Å². The first-order valence-electron chi connectivity index (χ1n) is 5.97.